The number of nitrogens with one attached hydrogen (secondary N) is 1. The van der Waals surface area contributed by atoms with Crippen molar-refractivity contribution in [3.63, 3.8) is 0 Å². The maximum absolute atomic E-state index is 12.0. The zero-order valence-corrected chi connectivity index (χ0v) is 20.5. The van der Waals surface area contributed by atoms with Gasteiger partial charge in [-0.1, -0.05) is 37.6 Å². The van der Waals surface area contributed by atoms with Crippen LogP contribution in [0.4, 0.5) is 0 Å². The van der Waals surface area contributed by atoms with Crippen LogP contribution in [0.15, 0.2) is 42.0 Å². The Bertz CT molecular complexity index is 1320. The lowest BCUT2D eigenvalue weighted by Crippen LogP contribution is -2.28. The molecule has 0 aliphatic heterocycles. The second-order valence-electron chi connectivity index (χ2n) is 8.15. The molecule has 0 bridgehead atoms. The Morgan fingerprint density at radius 1 is 1.21 bits per heavy atom. The van der Waals surface area contributed by atoms with Crippen molar-refractivity contribution >= 4 is 39.7 Å². The average Bonchev–Trinajstić information content (AvgIpc) is 3.21. The third-order valence-corrected chi connectivity index (χ3v) is 6.47. The molecule has 3 aromatic heterocycles. The van der Waals surface area contributed by atoms with Gasteiger partial charge in [-0.15, -0.1) is 11.3 Å². The van der Waals surface area contributed by atoms with Crippen LogP contribution in [0.25, 0.3) is 22.2 Å². The van der Waals surface area contributed by atoms with Crippen molar-refractivity contribution in [2.75, 3.05) is 0 Å². The highest BCUT2D eigenvalue weighted by atomic mass is 35.5. The minimum absolute atomic E-state index is 0.00728. The van der Waals surface area contributed by atoms with Gasteiger partial charge in [0.1, 0.15) is 27.9 Å². The Morgan fingerprint density at radius 3 is 2.76 bits per heavy atom. The van der Waals surface area contributed by atoms with Crippen molar-refractivity contribution in [2.45, 2.75) is 40.8 Å². The summed E-state index contributed by atoms with van der Waals surface area (Å²) in [5, 5.41) is 3.87. The number of ether oxygens (including phenoxy) is 1. The number of carbonyl (C=O) groups is 1. The monoisotopic (exact) mass is 480 g/mol. The first-order valence-electron chi connectivity index (χ1n) is 10.7. The molecule has 1 aromatic carbocycles. The van der Waals surface area contributed by atoms with Crippen molar-refractivity contribution in [3.05, 3.63) is 68.9 Å². The molecule has 170 valence electrons. The number of amides is 1. The molecule has 1 N–H and O–H groups in total. The summed E-state index contributed by atoms with van der Waals surface area (Å²) in [6.45, 7) is 8.37. The van der Waals surface area contributed by atoms with Crippen molar-refractivity contribution < 1.29 is 9.53 Å². The molecule has 0 saturated carbocycles. The quantitative estimate of drug-likeness (QED) is 0.357. The van der Waals surface area contributed by atoms with Gasteiger partial charge >= 0.3 is 0 Å². The molecule has 6 nitrogen and oxygen atoms in total. The fourth-order valence-electron chi connectivity index (χ4n) is 3.59. The summed E-state index contributed by atoms with van der Waals surface area (Å²) in [7, 11) is 0. The summed E-state index contributed by atoms with van der Waals surface area (Å²) in [4.78, 5) is 25.7. The number of fused-ring (bicyclic) bond motifs is 1. The van der Waals surface area contributed by atoms with Gasteiger partial charge in [-0.2, -0.15) is 0 Å². The summed E-state index contributed by atoms with van der Waals surface area (Å²) in [5.74, 6) is 0.580. The van der Waals surface area contributed by atoms with Gasteiger partial charge in [0.25, 0.3) is 0 Å². The number of halogens is 1. The zero-order chi connectivity index (χ0) is 23.5. The molecule has 0 fully saturated rings. The lowest BCUT2D eigenvalue weighted by molar-refractivity contribution is -0.124. The summed E-state index contributed by atoms with van der Waals surface area (Å²) < 4.78 is 6.92. The zero-order valence-electron chi connectivity index (χ0n) is 19.0. The number of para-hydroxylation sites is 1. The van der Waals surface area contributed by atoms with Crippen LogP contribution in [0.3, 0.4) is 0 Å². The maximum Gasteiger partial charge on any atom is 0.222 e. The van der Waals surface area contributed by atoms with Gasteiger partial charge in [0.2, 0.25) is 5.91 Å². The van der Waals surface area contributed by atoms with Crippen LogP contribution in [-0.4, -0.2) is 20.9 Å². The van der Waals surface area contributed by atoms with E-state index in [1.807, 2.05) is 58.0 Å². The first-order chi connectivity index (χ1) is 15.8. The van der Waals surface area contributed by atoms with Crippen LogP contribution in [0.5, 0.6) is 5.75 Å². The lowest BCUT2D eigenvalue weighted by Gasteiger charge is -2.16. The van der Waals surface area contributed by atoms with Crippen LogP contribution in [-0.2, 0) is 17.9 Å². The Morgan fingerprint density at radius 2 is 2.03 bits per heavy atom. The Labute approximate surface area is 202 Å². The van der Waals surface area contributed by atoms with E-state index >= 15 is 0 Å². The van der Waals surface area contributed by atoms with Crippen LogP contribution >= 0.6 is 22.9 Å². The van der Waals surface area contributed by atoms with Crippen molar-refractivity contribution in [1.82, 2.24) is 20.3 Å². The summed E-state index contributed by atoms with van der Waals surface area (Å²) >= 11 is 7.78. The van der Waals surface area contributed by atoms with Gasteiger partial charge in [0, 0.05) is 34.3 Å². The number of thiazole rings is 1. The molecule has 4 rings (SSSR count). The van der Waals surface area contributed by atoms with E-state index in [0.29, 0.717) is 23.2 Å². The maximum atomic E-state index is 12.0. The largest absolute Gasteiger partial charge is 0.487 e. The molecule has 0 radical (unpaired) electrons. The van der Waals surface area contributed by atoms with Crippen LogP contribution in [0.2, 0.25) is 4.34 Å². The molecule has 0 aliphatic rings. The molecule has 1 amide bonds. The Hall–Kier alpha value is -3.03. The SMILES string of the molecule is Cc1cc(-c2ncsc2Cl)c2cccc(OCc3c(C)ccnc3CNC(=O)C(C)C)c2n1. The van der Waals surface area contributed by atoms with E-state index in [1.54, 1.807) is 11.7 Å². The highest BCUT2D eigenvalue weighted by Crippen LogP contribution is 2.37. The third kappa shape index (κ3) is 4.99. The number of hydrogen-bond donors (Lipinski definition) is 1. The Kier molecular flexibility index (Phi) is 6.91. The molecule has 0 aliphatic carbocycles. The minimum atomic E-state index is -0.0834. The van der Waals surface area contributed by atoms with E-state index < -0.39 is 0 Å². The van der Waals surface area contributed by atoms with E-state index in [2.05, 4.69) is 15.3 Å². The summed E-state index contributed by atoms with van der Waals surface area (Å²) in [6.07, 6.45) is 1.75. The molecular formula is C25H25ClN4O2S. The smallest absolute Gasteiger partial charge is 0.222 e. The van der Waals surface area contributed by atoms with Gasteiger partial charge in [0.15, 0.2) is 0 Å². The van der Waals surface area contributed by atoms with Crippen molar-refractivity contribution in [2.24, 2.45) is 5.92 Å². The van der Waals surface area contributed by atoms with Gasteiger partial charge in [-0.3, -0.25) is 9.78 Å². The molecule has 0 unspecified atom stereocenters. The van der Waals surface area contributed by atoms with E-state index in [0.717, 1.165) is 44.7 Å². The van der Waals surface area contributed by atoms with Crippen molar-refractivity contribution in [1.29, 1.82) is 0 Å². The Balaban J connectivity index is 1.66. The molecular weight excluding hydrogens is 456 g/mol. The number of hydrogen-bond acceptors (Lipinski definition) is 6. The van der Waals surface area contributed by atoms with Crippen molar-refractivity contribution in [3.8, 4) is 17.0 Å². The fourth-order valence-corrected chi connectivity index (χ4v) is 4.38. The summed E-state index contributed by atoms with van der Waals surface area (Å²) in [5.41, 5.74) is 7.84. The number of pyridine rings is 2. The van der Waals surface area contributed by atoms with E-state index in [9.17, 15) is 4.79 Å². The first kappa shape index (κ1) is 23.1. The standard InChI is InChI=1S/C25H25ClN4O2S/c1-14(2)25(31)28-11-20-19(15(3)8-9-27-20)12-32-21-7-5-6-17-18(10-16(4)30-22(17)21)23-24(26)33-13-29-23/h5-10,13-14H,11-12H2,1-4H3,(H,28,31). The predicted octanol–water partition coefficient (Wildman–Crippen LogP) is 5.87. The number of benzene rings is 1. The molecule has 0 saturated heterocycles. The molecule has 8 heteroatoms. The van der Waals surface area contributed by atoms with Gasteiger partial charge < -0.3 is 10.1 Å². The van der Waals surface area contributed by atoms with E-state index in [4.69, 9.17) is 21.3 Å². The van der Waals surface area contributed by atoms with Gasteiger partial charge in [-0.25, -0.2) is 9.97 Å². The molecule has 3 heterocycles. The third-order valence-electron chi connectivity index (χ3n) is 5.42. The highest BCUT2D eigenvalue weighted by Gasteiger charge is 2.16. The van der Waals surface area contributed by atoms with E-state index in [1.165, 1.54) is 11.3 Å². The number of aryl methyl sites for hydroxylation is 2. The van der Waals surface area contributed by atoms with Gasteiger partial charge in [-0.05, 0) is 37.6 Å². The summed E-state index contributed by atoms with van der Waals surface area (Å²) in [6, 6.07) is 9.79. The normalized spacial score (nSPS) is 11.2. The van der Waals surface area contributed by atoms with Crippen LogP contribution < -0.4 is 10.1 Å². The van der Waals surface area contributed by atoms with Crippen LogP contribution in [0.1, 0.15) is 36.4 Å². The minimum Gasteiger partial charge on any atom is -0.487 e. The topological polar surface area (TPSA) is 77.0 Å². The van der Waals surface area contributed by atoms with Crippen LogP contribution in [0, 0.1) is 19.8 Å². The number of aromatic nitrogens is 3. The fraction of sp³-hybridized carbons (Fsp3) is 0.280. The molecule has 33 heavy (non-hydrogen) atoms. The van der Waals surface area contributed by atoms with Gasteiger partial charge in [0.05, 0.1) is 17.7 Å². The second-order valence-corrected chi connectivity index (χ2v) is 9.61. The van der Waals surface area contributed by atoms with E-state index in [-0.39, 0.29) is 11.8 Å². The lowest BCUT2D eigenvalue weighted by atomic mass is 10.0. The highest BCUT2D eigenvalue weighted by molar-refractivity contribution is 7.14. The molecule has 0 atom stereocenters. The number of nitrogens with zero attached hydrogens (tertiary/aromatic N) is 3. The first-order valence-corrected chi connectivity index (χ1v) is 11.9. The molecule has 4 aromatic rings. The predicted molar refractivity (Wildman–Crippen MR) is 133 cm³/mol. The molecule has 0 spiro atoms. The average molecular weight is 481 g/mol. The second kappa shape index (κ2) is 9.85. The number of rotatable bonds is 7. The number of carbonyl (C=O) groups excluding carboxylic acids is 1.